The molecule has 1 heterocycles. The number of nitrogens with zero attached hydrogens (tertiary/aromatic N) is 2. The number of amides is 1. The standard InChI is InChI=1S/C16H23FN2O3S/c1-2-3-4-9-16(20)18-10-12-19(13-11-18)23(21,22)15-8-6-5-7-14(15)17/h5-8H,2-4,9-13H2,1H3. The first-order valence-electron chi connectivity index (χ1n) is 7.99. The second-order valence-electron chi connectivity index (χ2n) is 5.67. The van der Waals surface area contributed by atoms with Crippen LogP contribution < -0.4 is 0 Å². The van der Waals surface area contributed by atoms with Gasteiger partial charge >= 0.3 is 0 Å². The van der Waals surface area contributed by atoms with E-state index in [9.17, 15) is 17.6 Å². The van der Waals surface area contributed by atoms with E-state index < -0.39 is 15.8 Å². The number of sulfonamides is 1. The van der Waals surface area contributed by atoms with Gasteiger partial charge in [0, 0.05) is 32.6 Å². The minimum absolute atomic E-state index is 0.0707. The van der Waals surface area contributed by atoms with Crippen molar-refractivity contribution in [2.45, 2.75) is 37.5 Å². The van der Waals surface area contributed by atoms with Crippen molar-refractivity contribution in [2.75, 3.05) is 26.2 Å². The first-order chi connectivity index (χ1) is 11.0. The summed E-state index contributed by atoms with van der Waals surface area (Å²) in [6.45, 7) is 3.21. The van der Waals surface area contributed by atoms with Gasteiger partial charge in [-0.05, 0) is 18.6 Å². The van der Waals surface area contributed by atoms with E-state index in [0.717, 1.165) is 25.3 Å². The summed E-state index contributed by atoms with van der Waals surface area (Å²) >= 11 is 0. The predicted molar refractivity (Wildman–Crippen MR) is 85.9 cm³/mol. The number of hydrogen-bond donors (Lipinski definition) is 0. The minimum Gasteiger partial charge on any atom is -0.340 e. The lowest BCUT2D eigenvalue weighted by Gasteiger charge is -2.34. The SMILES string of the molecule is CCCCCC(=O)N1CCN(S(=O)(=O)c2ccccc2F)CC1. The monoisotopic (exact) mass is 342 g/mol. The number of rotatable bonds is 6. The third-order valence-corrected chi connectivity index (χ3v) is 5.97. The molecule has 0 unspecified atom stereocenters. The maximum Gasteiger partial charge on any atom is 0.246 e. The number of piperazine rings is 1. The molecular formula is C16H23FN2O3S. The van der Waals surface area contributed by atoms with Crippen molar-refractivity contribution >= 4 is 15.9 Å². The van der Waals surface area contributed by atoms with Crippen LogP contribution in [-0.4, -0.2) is 49.7 Å². The van der Waals surface area contributed by atoms with Crippen LogP contribution >= 0.6 is 0 Å². The summed E-state index contributed by atoms with van der Waals surface area (Å²) in [4.78, 5) is 13.4. The zero-order valence-electron chi connectivity index (χ0n) is 13.4. The van der Waals surface area contributed by atoms with Gasteiger partial charge in [0.05, 0.1) is 0 Å². The fourth-order valence-electron chi connectivity index (χ4n) is 2.66. The maximum absolute atomic E-state index is 13.7. The molecule has 128 valence electrons. The van der Waals surface area contributed by atoms with Gasteiger partial charge in [0.25, 0.3) is 0 Å². The molecule has 7 heteroatoms. The van der Waals surface area contributed by atoms with Gasteiger partial charge in [-0.1, -0.05) is 31.9 Å². The van der Waals surface area contributed by atoms with Gasteiger partial charge in [0.15, 0.2) is 0 Å². The number of unbranched alkanes of at least 4 members (excludes halogenated alkanes) is 2. The van der Waals surface area contributed by atoms with Crippen molar-refractivity contribution in [1.29, 1.82) is 0 Å². The van der Waals surface area contributed by atoms with Crippen LogP contribution in [0.25, 0.3) is 0 Å². The fraction of sp³-hybridized carbons (Fsp3) is 0.562. The van der Waals surface area contributed by atoms with E-state index in [2.05, 4.69) is 6.92 Å². The number of halogens is 1. The van der Waals surface area contributed by atoms with Gasteiger partial charge in [-0.3, -0.25) is 4.79 Å². The zero-order chi connectivity index (χ0) is 16.9. The Balaban J connectivity index is 1.96. The lowest BCUT2D eigenvalue weighted by molar-refractivity contribution is -0.132. The zero-order valence-corrected chi connectivity index (χ0v) is 14.2. The van der Waals surface area contributed by atoms with Crippen LogP contribution in [0.2, 0.25) is 0 Å². The van der Waals surface area contributed by atoms with E-state index in [1.54, 1.807) is 4.90 Å². The Morgan fingerprint density at radius 2 is 1.78 bits per heavy atom. The Labute approximate surface area is 137 Å². The normalized spacial score (nSPS) is 16.5. The van der Waals surface area contributed by atoms with E-state index in [1.165, 1.54) is 22.5 Å². The molecule has 0 aromatic heterocycles. The minimum atomic E-state index is -3.84. The van der Waals surface area contributed by atoms with E-state index >= 15 is 0 Å². The van der Waals surface area contributed by atoms with Crippen molar-refractivity contribution in [1.82, 2.24) is 9.21 Å². The molecule has 1 aliphatic rings. The highest BCUT2D eigenvalue weighted by Gasteiger charge is 2.31. The summed E-state index contributed by atoms with van der Waals surface area (Å²) in [5.41, 5.74) is 0. The second-order valence-corrected chi connectivity index (χ2v) is 7.58. The molecule has 23 heavy (non-hydrogen) atoms. The average Bonchev–Trinajstić information content (AvgIpc) is 2.55. The summed E-state index contributed by atoms with van der Waals surface area (Å²) < 4.78 is 40.0. The molecule has 0 bridgehead atoms. The lowest BCUT2D eigenvalue weighted by Crippen LogP contribution is -2.50. The highest BCUT2D eigenvalue weighted by atomic mass is 32.2. The molecule has 1 saturated heterocycles. The number of hydrogen-bond acceptors (Lipinski definition) is 3. The van der Waals surface area contributed by atoms with Crippen LogP contribution in [0.5, 0.6) is 0 Å². The van der Waals surface area contributed by atoms with Crippen LogP contribution in [0.1, 0.15) is 32.6 Å². The summed E-state index contributed by atoms with van der Waals surface area (Å²) in [6.07, 6.45) is 3.45. The molecule has 1 aliphatic heterocycles. The van der Waals surface area contributed by atoms with Crippen molar-refractivity contribution in [3.05, 3.63) is 30.1 Å². The van der Waals surface area contributed by atoms with Crippen molar-refractivity contribution in [3.8, 4) is 0 Å². The van der Waals surface area contributed by atoms with Gasteiger partial charge in [0.1, 0.15) is 10.7 Å². The van der Waals surface area contributed by atoms with Gasteiger partial charge in [-0.2, -0.15) is 4.31 Å². The molecule has 0 atom stereocenters. The highest BCUT2D eigenvalue weighted by molar-refractivity contribution is 7.89. The van der Waals surface area contributed by atoms with Crippen LogP contribution in [0.15, 0.2) is 29.2 Å². The predicted octanol–water partition coefficient (Wildman–Crippen LogP) is 2.24. The first-order valence-corrected chi connectivity index (χ1v) is 9.43. The Morgan fingerprint density at radius 1 is 1.13 bits per heavy atom. The molecule has 0 saturated carbocycles. The van der Waals surface area contributed by atoms with Crippen LogP contribution in [-0.2, 0) is 14.8 Å². The first kappa shape index (κ1) is 17.9. The molecule has 0 N–H and O–H groups in total. The molecule has 5 nitrogen and oxygen atoms in total. The molecule has 2 rings (SSSR count). The van der Waals surface area contributed by atoms with Crippen molar-refractivity contribution in [2.24, 2.45) is 0 Å². The maximum atomic E-state index is 13.7. The quantitative estimate of drug-likeness (QED) is 0.745. The fourth-order valence-corrected chi connectivity index (χ4v) is 4.14. The summed E-state index contributed by atoms with van der Waals surface area (Å²) in [5, 5.41) is 0. The second kappa shape index (κ2) is 7.88. The van der Waals surface area contributed by atoms with Gasteiger partial charge in [-0.15, -0.1) is 0 Å². The number of carbonyl (C=O) groups is 1. The Kier molecular flexibility index (Phi) is 6.12. The van der Waals surface area contributed by atoms with Crippen molar-refractivity contribution < 1.29 is 17.6 Å². The van der Waals surface area contributed by atoms with E-state index in [1.807, 2.05) is 0 Å². The molecule has 0 spiro atoms. The smallest absolute Gasteiger partial charge is 0.246 e. The Morgan fingerprint density at radius 3 is 2.39 bits per heavy atom. The molecule has 1 fully saturated rings. The third kappa shape index (κ3) is 4.29. The van der Waals surface area contributed by atoms with E-state index in [-0.39, 0.29) is 23.9 Å². The molecule has 1 aromatic carbocycles. The molecule has 1 aromatic rings. The average molecular weight is 342 g/mol. The number of benzene rings is 1. The van der Waals surface area contributed by atoms with Crippen LogP contribution in [0.4, 0.5) is 4.39 Å². The molecule has 0 aliphatic carbocycles. The Bertz CT molecular complexity index is 640. The summed E-state index contributed by atoms with van der Waals surface area (Å²) in [5.74, 6) is -0.674. The largest absolute Gasteiger partial charge is 0.340 e. The summed E-state index contributed by atoms with van der Waals surface area (Å²) in [6, 6.07) is 5.37. The third-order valence-electron chi connectivity index (χ3n) is 4.04. The van der Waals surface area contributed by atoms with Crippen LogP contribution in [0.3, 0.4) is 0 Å². The summed E-state index contributed by atoms with van der Waals surface area (Å²) in [7, 11) is -3.84. The van der Waals surface area contributed by atoms with E-state index in [4.69, 9.17) is 0 Å². The topological polar surface area (TPSA) is 57.7 Å². The van der Waals surface area contributed by atoms with Crippen molar-refractivity contribution in [3.63, 3.8) is 0 Å². The Hall–Kier alpha value is -1.47. The van der Waals surface area contributed by atoms with Crippen LogP contribution in [0, 0.1) is 5.82 Å². The van der Waals surface area contributed by atoms with Gasteiger partial charge in [0.2, 0.25) is 15.9 Å². The highest BCUT2D eigenvalue weighted by Crippen LogP contribution is 2.20. The lowest BCUT2D eigenvalue weighted by atomic mass is 10.2. The number of carbonyl (C=O) groups excluding carboxylic acids is 1. The van der Waals surface area contributed by atoms with Gasteiger partial charge < -0.3 is 4.90 Å². The molecular weight excluding hydrogens is 319 g/mol. The molecule has 0 radical (unpaired) electrons. The van der Waals surface area contributed by atoms with E-state index in [0.29, 0.717) is 19.5 Å². The van der Waals surface area contributed by atoms with Gasteiger partial charge in [-0.25, -0.2) is 12.8 Å². The molecule has 1 amide bonds.